The van der Waals surface area contributed by atoms with Crippen LogP contribution in [0.4, 0.5) is 0 Å². The monoisotopic (exact) mass is 413 g/mol. The molecule has 0 saturated heterocycles. The molecular weight excluding hydrogens is 386 g/mol. The second-order valence-electron chi connectivity index (χ2n) is 6.65. The van der Waals surface area contributed by atoms with Gasteiger partial charge in [0.15, 0.2) is 5.58 Å². The number of fused-ring (bicyclic) bond motifs is 1. The fourth-order valence-corrected chi connectivity index (χ4v) is 4.11. The van der Waals surface area contributed by atoms with Crippen molar-refractivity contribution >= 4 is 38.8 Å². The van der Waals surface area contributed by atoms with E-state index >= 15 is 0 Å². The van der Waals surface area contributed by atoms with Gasteiger partial charge in [0.25, 0.3) is 5.22 Å². The van der Waals surface area contributed by atoms with Gasteiger partial charge >= 0.3 is 0 Å². The van der Waals surface area contributed by atoms with Crippen LogP contribution in [0.25, 0.3) is 11.1 Å². The lowest BCUT2D eigenvalue weighted by Gasteiger charge is -2.12. The van der Waals surface area contributed by atoms with Gasteiger partial charge in [0.2, 0.25) is 15.9 Å². The third-order valence-electron chi connectivity index (χ3n) is 4.09. The maximum Gasteiger partial charge on any atom is 0.257 e. The van der Waals surface area contributed by atoms with Crippen LogP contribution >= 0.6 is 11.8 Å². The van der Waals surface area contributed by atoms with Crippen molar-refractivity contribution in [3.8, 4) is 0 Å². The number of carbonyl (C=O) groups excluding carboxylic acids is 1. The first-order valence-electron chi connectivity index (χ1n) is 8.99. The molecule has 1 amide bonds. The summed E-state index contributed by atoms with van der Waals surface area (Å²) in [5.41, 5.74) is 0.942. The summed E-state index contributed by atoms with van der Waals surface area (Å²) < 4.78 is 31.2. The van der Waals surface area contributed by atoms with E-state index < -0.39 is 10.0 Å². The predicted molar refractivity (Wildman–Crippen MR) is 107 cm³/mol. The van der Waals surface area contributed by atoms with E-state index in [0.717, 1.165) is 23.6 Å². The van der Waals surface area contributed by atoms with Crippen molar-refractivity contribution in [2.75, 3.05) is 19.8 Å². The summed E-state index contributed by atoms with van der Waals surface area (Å²) in [6.07, 6.45) is 4.40. The van der Waals surface area contributed by atoms with Crippen LogP contribution in [0.5, 0.6) is 0 Å². The average Bonchev–Trinajstić information content (AvgIpc) is 3.02. The van der Waals surface area contributed by atoms with Gasteiger partial charge in [0.05, 0.1) is 10.6 Å². The average molecular weight is 414 g/mol. The molecule has 9 heteroatoms. The number of sulfonamides is 1. The third kappa shape index (κ3) is 5.95. The highest BCUT2D eigenvalue weighted by atomic mass is 32.2. The van der Waals surface area contributed by atoms with Crippen LogP contribution in [-0.4, -0.2) is 49.5 Å². The lowest BCUT2D eigenvalue weighted by molar-refractivity contribution is -0.119. The summed E-state index contributed by atoms with van der Waals surface area (Å²) in [5.74, 6) is 0.135. The minimum absolute atomic E-state index is 0.0675. The van der Waals surface area contributed by atoms with Crippen LogP contribution < -0.4 is 5.32 Å². The summed E-state index contributed by atoms with van der Waals surface area (Å²) in [4.78, 5) is 16.5. The zero-order chi connectivity index (χ0) is 20.0. The molecule has 0 saturated carbocycles. The minimum Gasteiger partial charge on any atom is -0.431 e. The zero-order valence-corrected chi connectivity index (χ0v) is 17.8. The van der Waals surface area contributed by atoms with E-state index in [9.17, 15) is 13.2 Å². The van der Waals surface area contributed by atoms with Crippen LogP contribution in [0.2, 0.25) is 0 Å². The number of thioether (sulfide) groups is 1. The molecule has 2 aromatic rings. The maximum absolute atomic E-state index is 12.2. The molecular formula is C18H27N3O4S2. The molecule has 150 valence electrons. The highest BCUT2D eigenvalue weighted by Gasteiger charge is 2.19. The first-order valence-corrected chi connectivity index (χ1v) is 11.4. The van der Waals surface area contributed by atoms with Crippen LogP contribution in [0, 0.1) is 0 Å². The van der Waals surface area contributed by atoms with Crippen molar-refractivity contribution in [2.45, 2.75) is 55.7 Å². The molecule has 1 atom stereocenters. The van der Waals surface area contributed by atoms with Crippen LogP contribution in [0.15, 0.2) is 32.7 Å². The smallest absolute Gasteiger partial charge is 0.257 e. The lowest BCUT2D eigenvalue weighted by atomic mass is 10.1. The largest absolute Gasteiger partial charge is 0.431 e. The number of hydrogen-bond donors (Lipinski definition) is 1. The first kappa shape index (κ1) is 21.7. The second-order valence-corrected chi connectivity index (χ2v) is 9.73. The molecule has 0 radical (unpaired) electrons. The molecule has 2 rings (SSSR count). The Balaban J connectivity index is 1.97. The van der Waals surface area contributed by atoms with Gasteiger partial charge in [-0.3, -0.25) is 4.79 Å². The number of rotatable bonds is 10. The van der Waals surface area contributed by atoms with Gasteiger partial charge in [-0.25, -0.2) is 17.7 Å². The number of aromatic nitrogens is 1. The molecule has 1 aromatic heterocycles. The van der Waals surface area contributed by atoms with Crippen LogP contribution in [0.3, 0.4) is 0 Å². The number of carbonyl (C=O) groups is 1. The molecule has 0 aliphatic rings. The number of benzene rings is 1. The fourth-order valence-electron chi connectivity index (χ4n) is 2.54. The zero-order valence-electron chi connectivity index (χ0n) is 16.2. The van der Waals surface area contributed by atoms with Gasteiger partial charge in [0.1, 0.15) is 5.52 Å². The molecule has 27 heavy (non-hydrogen) atoms. The Morgan fingerprint density at radius 2 is 2.07 bits per heavy atom. The lowest BCUT2D eigenvalue weighted by Crippen LogP contribution is -2.33. The Morgan fingerprint density at radius 3 is 2.74 bits per heavy atom. The molecule has 1 heterocycles. The van der Waals surface area contributed by atoms with Crippen molar-refractivity contribution in [2.24, 2.45) is 0 Å². The van der Waals surface area contributed by atoms with Crippen molar-refractivity contribution in [1.82, 2.24) is 14.6 Å². The van der Waals surface area contributed by atoms with Gasteiger partial charge < -0.3 is 9.73 Å². The number of unbranched alkanes of at least 4 members (excludes halogenated alkanes) is 2. The van der Waals surface area contributed by atoms with E-state index in [1.807, 2.05) is 6.92 Å². The topological polar surface area (TPSA) is 92.5 Å². The van der Waals surface area contributed by atoms with Gasteiger partial charge in [-0.2, -0.15) is 0 Å². The standard InChI is InChI=1S/C18H27N3O4S2/c1-5-6-7-8-13(2)19-17(22)12-26-18-20-15-11-14(9-10-16(15)25-18)27(23,24)21(3)4/h9-11,13H,5-8,12H2,1-4H3,(H,19,22)/t13-/m1/s1. The quantitative estimate of drug-likeness (QED) is 0.475. The molecule has 0 spiro atoms. The van der Waals surface area contributed by atoms with E-state index in [1.165, 1.54) is 44.4 Å². The number of amides is 1. The van der Waals surface area contributed by atoms with Crippen molar-refractivity contribution in [3.05, 3.63) is 18.2 Å². The van der Waals surface area contributed by atoms with Crippen molar-refractivity contribution in [1.29, 1.82) is 0 Å². The van der Waals surface area contributed by atoms with E-state index in [0.29, 0.717) is 16.3 Å². The van der Waals surface area contributed by atoms with Crippen LogP contribution in [0.1, 0.15) is 39.5 Å². The van der Waals surface area contributed by atoms with E-state index in [4.69, 9.17) is 4.42 Å². The number of hydrogen-bond acceptors (Lipinski definition) is 6. The Hall–Kier alpha value is -1.58. The van der Waals surface area contributed by atoms with E-state index in [1.54, 1.807) is 6.07 Å². The molecule has 0 aliphatic carbocycles. The number of nitrogens with zero attached hydrogens (tertiary/aromatic N) is 2. The first-order chi connectivity index (χ1) is 12.7. The third-order valence-corrected chi connectivity index (χ3v) is 6.73. The molecule has 0 fully saturated rings. The summed E-state index contributed by atoms with van der Waals surface area (Å²) in [5, 5.41) is 3.32. The molecule has 1 aromatic carbocycles. The summed E-state index contributed by atoms with van der Waals surface area (Å²) in [6, 6.07) is 4.70. The molecule has 7 nitrogen and oxygen atoms in total. The fraction of sp³-hybridized carbons (Fsp3) is 0.556. The van der Waals surface area contributed by atoms with Gasteiger partial charge in [-0.1, -0.05) is 37.9 Å². The Bertz CT molecular complexity index is 878. The van der Waals surface area contributed by atoms with E-state index in [-0.39, 0.29) is 22.6 Å². The number of nitrogens with one attached hydrogen (secondary N) is 1. The van der Waals surface area contributed by atoms with Gasteiger partial charge in [-0.15, -0.1) is 0 Å². The minimum atomic E-state index is -3.53. The normalized spacial score (nSPS) is 13.2. The maximum atomic E-state index is 12.2. The van der Waals surface area contributed by atoms with Crippen molar-refractivity contribution < 1.29 is 17.6 Å². The predicted octanol–water partition coefficient (Wildman–Crippen LogP) is 3.26. The highest BCUT2D eigenvalue weighted by Crippen LogP contribution is 2.26. The summed E-state index contributed by atoms with van der Waals surface area (Å²) in [7, 11) is -0.572. The van der Waals surface area contributed by atoms with Crippen LogP contribution in [-0.2, 0) is 14.8 Å². The summed E-state index contributed by atoms with van der Waals surface area (Å²) in [6.45, 7) is 4.16. The SMILES string of the molecule is CCCCC[C@@H](C)NC(=O)CSc1nc2cc(S(=O)(=O)N(C)C)ccc2o1. The molecule has 0 unspecified atom stereocenters. The molecule has 0 bridgehead atoms. The summed E-state index contributed by atoms with van der Waals surface area (Å²) >= 11 is 1.19. The Morgan fingerprint density at radius 1 is 1.33 bits per heavy atom. The molecule has 1 N–H and O–H groups in total. The van der Waals surface area contributed by atoms with E-state index in [2.05, 4.69) is 17.2 Å². The Labute approximate surface area is 164 Å². The number of oxazole rings is 1. The van der Waals surface area contributed by atoms with Crippen molar-refractivity contribution in [3.63, 3.8) is 0 Å². The van der Waals surface area contributed by atoms with Gasteiger partial charge in [-0.05, 0) is 31.5 Å². The second kappa shape index (κ2) is 9.57. The molecule has 0 aliphatic heterocycles. The van der Waals surface area contributed by atoms with Gasteiger partial charge in [0, 0.05) is 20.1 Å². The highest BCUT2D eigenvalue weighted by molar-refractivity contribution is 7.99. The Kier molecular flexibility index (Phi) is 7.69.